The average Bonchev–Trinajstić information content (AvgIpc) is 2.87. The van der Waals surface area contributed by atoms with E-state index in [9.17, 15) is 9.90 Å². The molecule has 3 rings (SSSR count). The van der Waals surface area contributed by atoms with Crippen LogP contribution in [0.5, 0.6) is 5.75 Å². The van der Waals surface area contributed by atoms with Crippen LogP contribution < -0.4 is 0 Å². The summed E-state index contributed by atoms with van der Waals surface area (Å²) in [6.07, 6.45) is 2.94. The quantitative estimate of drug-likeness (QED) is 0.935. The highest BCUT2D eigenvalue weighted by Crippen LogP contribution is 2.29. The van der Waals surface area contributed by atoms with Gasteiger partial charge in [-0.2, -0.15) is 0 Å². The normalized spacial score (nSPS) is 18.5. The number of rotatable bonds is 4. The highest BCUT2D eigenvalue weighted by Gasteiger charge is 2.21. The van der Waals surface area contributed by atoms with E-state index in [0.717, 1.165) is 42.3 Å². The largest absolute Gasteiger partial charge is 0.507 e. The minimum atomic E-state index is 0.144. The van der Waals surface area contributed by atoms with Crippen molar-refractivity contribution < 1.29 is 14.6 Å². The number of carbonyl (C=O) groups excluding carboxylic acids is 1. The standard InChI is InChI=1S/C20H25NO3/c1-2-17-14-21(12-5-13-24-17)19(22)11-10-16-9-8-15-6-3-4-7-18(15)20(16)23/h3-4,6-9,17,23H,2,5,10-14H2,1H3. The Labute approximate surface area is 143 Å². The van der Waals surface area contributed by atoms with Gasteiger partial charge in [-0.15, -0.1) is 0 Å². The number of ether oxygens (including phenoxy) is 1. The van der Waals surface area contributed by atoms with Crippen LogP contribution in [0.3, 0.4) is 0 Å². The fourth-order valence-electron chi connectivity index (χ4n) is 3.27. The van der Waals surface area contributed by atoms with E-state index in [2.05, 4.69) is 6.92 Å². The van der Waals surface area contributed by atoms with Crippen LogP contribution in [0.4, 0.5) is 0 Å². The Morgan fingerprint density at radius 3 is 2.96 bits per heavy atom. The van der Waals surface area contributed by atoms with Crippen molar-refractivity contribution in [2.45, 2.75) is 38.7 Å². The molecule has 128 valence electrons. The molecule has 0 aliphatic carbocycles. The molecule has 0 bridgehead atoms. The first-order valence-corrected chi connectivity index (χ1v) is 8.78. The number of phenolic OH excluding ortho intramolecular Hbond substituents is 1. The van der Waals surface area contributed by atoms with Crippen molar-refractivity contribution in [1.82, 2.24) is 4.90 Å². The van der Waals surface area contributed by atoms with Crippen molar-refractivity contribution in [1.29, 1.82) is 0 Å². The molecule has 4 nitrogen and oxygen atoms in total. The van der Waals surface area contributed by atoms with Gasteiger partial charge in [-0.25, -0.2) is 0 Å². The van der Waals surface area contributed by atoms with Gasteiger partial charge in [0.15, 0.2) is 0 Å². The molecule has 1 N–H and O–H groups in total. The zero-order valence-corrected chi connectivity index (χ0v) is 14.2. The summed E-state index contributed by atoms with van der Waals surface area (Å²) < 4.78 is 5.73. The fourth-order valence-corrected chi connectivity index (χ4v) is 3.27. The number of fused-ring (bicyclic) bond motifs is 1. The van der Waals surface area contributed by atoms with Crippen LogP contribution in [0.2, 0.25) is 0 Å². The maximum atomic E-state index is 12.5. The predicted molar refractivity (Wildman–Crippen MR) is 95.2 cm³/mol. The Hall–Kier alpha value is -2.07. The van der Waals surface area contributed by atoms with Crippen LogP contribution >= 0.6 is 0 Å². The lowest BCUT2D eigenvalue weighted by atomic mass is 10.0. The molecule has 1 amide bonds. The number of nitrogens with zero attached hydrogens (tertiary/aromatic N) is 1. The predicted octanol–water partition coefficient (Wildman–Crippen LogP) is 3.51. The zero-order valence-electron chi connectivity index (χ0n) is 14.2. The van der Waals surface area contributed by atoms with Gasteiger partial charge in [-0.05, 0) is 30.2 Å². The number of benzene rings is 2. The van der Waals surface area contributed by atoms with Crippen LogP contribution in [-0.2, 0) is 16.0 Å². The van der Waals surface area contributed by atoms with Crippen LogP contribution in [0.15, 0.2) is 36.4 Å². The highest BCUT2D eigenvalue weighted by atomic mass is 16.5. The van der Waals surface area contributed by atoms with Crippen molar-refractivity contribution >= 4 is 16.7 Å². The van der Waals surface area contributed by atoms with Crippen molar-refractivity contribution in [2.75, 3.05) is 19.7 Å². The molecule has 0 aromatic heterocycles. The van der Waals surface area contributed by atoms with Gasteiger partial charge in [0.2, 0.25) is 5.91 Å². The molecular weight excluding hydrogens is 302 g/mol. The third kappa shape index (κ3) is 3.70. The van der Waals surface area contributed by atoms with Gasteiger partial charge in [-0.1, -0.05) is 43.3 Å². The van der Waals surface area contributed by atoms with Crippen LogP contribution in [0.1, 0.15) is 31.7 Å². The number of hydrogen-bond acceptors (Lipinski definition) is 3. The van der Waals surface area contributed by atoms with Gasteiger partial charge in [0.05, 0.1) is 6.10 Å². The minimum Gasteiger partial charge on any atom is -0.507 e. The molecule has 4 heteroatoms. The second kappa shape index (κ2) is 7.67. The third-order valence-electron chi connectivity index (χ3n) is 4.75. The van der Waals surface area contributed by atoms with E-state index < -0.39 is 0 Å². The Kier molecular flexibility index (Phi) is 5.36. The molecule has 2 aromatic rings. The van der Waals surface area contributed by atoms with Crippen LogP contribution in [0.25, 0.3) is 10.8 Å². The molecular formula is C20H25NO3. The Bertz CT molecular complexity index is 713. The summed E-state index contributed by atoms with van der Waals surface area (Å²) in [4.78, 5) is 14.5. The number of aryl methyl sites for hydroxylation is 1. The number of hydrogen-bond donors (Lipinski definition) is 1. The van der Waals surface area contributed by atoms with Gasteiger partial charge in [-0.3, -0.25) is 4.79 Å². The molecule has 24 heavy (non-hydrogen) atoms. The van der Waals surface area contributed by atoms with Crippen molar-refractivity contribution in [2.24, 2.45) is 0 Å². The lowest BCUT2D eigenvalue weighted by Gasteiger charge is -2.23. The fraction of sp³-hybridized carbons (Fsp3) is 0.450. The molecule has 1 heterocycles. The smallest absolute Gasteiger partial charge is 0.222 e. The average molecular weight is 327 g/mol. The Morgan fingerprint density at radius 2 is 2.12 bits per heavy atom. The van der Waals surface area contributed by atoms with Gasteiger partial charge in [0, 0.05) is 31.5 Å². The molecule has 1 unspecified atom stereocenters. The first kappa shape index (κ1) is 16.8. The first-order valence-electron chi connectivity index (χ1n) is 8.78. The minimum absolute atomic E-state index is 0.144. The number of phenols is 1. The number of amides is 1. The van der Waals surface area contributed by atoms with E-state index in [1.165, 1.54) is 0 Å². The summed E-state index contributed by atoms with van der Waals surface area (Å²) in [6, 6.07) is 11.7. The number of carbonyl (C=O) groups is 1. The first-order chi connectivity index (χ1) is 11.7. The number of aromatic hydroxyl groups is 1. The zero-order chi connectivity index (χ0) is 16.9. The SMILES string of the molecule is CCC1CN(C(=O)CCc2ccc3ccccc3c2O)CCCO1. The topological polar surface area (TPSA) is 49.8 Å². The molecule has 1 fully saturated rings. The van der Waals surface area contributed by atoms with Gasteiger partial charge < -0.3 is 14.7 Å². The molecule has 1 saturated heterocycles. The van der Waals surface area contributed by atoms with E-state index in [0.29, 0.717) is 25.1 Å². The molecule has 1 atom stereocenters. The van der Waals surface area contributed by atoms with Crippen molar-refractivity contribution in [3.05, 3.63) is 42.0 Å². The second-order valence-electron chi connectivity index (χ2n) is 6.39. The van der Waals surface area contributed by atoms with E-state index >= 15 is 0 Å². The highest BCUT2D eigenvalue weighted by molar-refractivity contribution is 5.89. The van der Waals surface area contributed by atoms with Gasteiger partial charge >= 0.3 is 0 Å². The Morgan fingerprint density at radius 1 is 1.29 bits per heavy atom. The lowest BCUT2D eigenvalue weighted by molar-refractivity contribution is -0.132. The van der Waals surface area contributed by atoms with Crippen molar-refractivity contribution in [3.63, 3.8) is 0 Å². The summed E-state index contributed by atoms with van der Waals surface area (Å²) in [6.45, 7) is 4.26. The van der Waals surface area contributed by atoms with Crippen molar-refractivity contribution in [3.8, 4) is 5.75 Å². The molecule has 0 spiro atoms. The van der Waals surface area contributed by atoms with E-state index in [-0.39, 0.29) is 12.0 Å². The summed E-state index contributed by atoms with van der Waals surface area (Å²) in [5, 5.41) is 12.3. The molecule has 2 aromatic carbocycles. The van der Waals surface area contributed by atoms with Gasteiger partial charge in [0.1, 0.15) is 5.75 Å². The van der Waals surface area contributed by atoms with E-state index in [1.807, 2.05) is 41.3 Å². The third-order valence-corrected chi connectivity index (χ3v) is 4.75. The van der Waals surface area contributed by atoms with E-state index in [1.54, 1.807) is 0 Å². The van der Waals surface area contributed by atoms with Gasteiger partial charge in [0.25, 0.3) is 0 Å². The molecule has 1 aliphatic heterocycles. The summed E-state index contributed by atoms with van der Waals surface area (Å²) in [5.74, 6) is 0.443. The summed E-state index contributed by atoms with van der Waals surface area (Å²) >= 11 is 0. The molecule has 0 radical (unpaired) electrons. The van der Waals surface area contributed by atoms with E-state index in [4.69, 9.17) is 4.74 Å². The van der Waals surface area contributed by atoms with Crippen LogP contribution in [-0.4, -0.2) is 41.7 Å². The van der Waals surface area contributed by atoms with Crippen LogP contribution in [0, 0.1) is 0 Å². The molecule has 0 saturated carbocycles. The summed E-state index contributed by atoms with van der Waals surface area (Å²) in [7, 11) is 0. The maximum absolute atomic E-state index is 12.5. The Balaban J connectivity index is 1.66. The monoisotopic (exact) mass is 327 g/mol. The maximum Gasteiger partial charge on any atom is 0.222 e. The molecule has 1 aliphatic rings. The summed E-state index contributed by atoms with van der Waals surface area (Å²) in [5.41, 5.74) is 0.833. The second-order valence-corrected chi connectivity index (χ2v) is 6.39. The lowest BCUT2D eigenvalue weighted by Crippen LogP contribution is -2.36.